The number of hydrogen-bond donors (Lipinski definition) is 1. The predicted molar refractivity (Wildman–Crippen MR) is 77.2 cm³/mol. The summed E-state index contributed by atoms with van der Waals surface area (Å²) >= 11 is 0. The highest BCUT2D eigenvalue weighted by Gasteiger charge is 2.33. The molecule has 0 radical (unpaired) electrons. The Hall–Kier alpha value is -2.43. The lowest BCUT2D eigenvalue weighted by molar-refractivity contribution is -0.138. The third kappa shape index (κ3) is 2.79. The van der Waals surface area contributed by atoms with Gasteiger partial charge in [0.1, 0.15) is 5.82 Å². The number of rotatable bonds is 3. The lowest BCUT2D eigenvalue weighted by Gasteiger charge is -2.41. The number of phenols is 1. The van der Waals surface area contributed by atoms with Crippen molar-refractivity contribution in [1.82, 2.24) is 4.90 Å². The fourth-order valence-electron chi connectivity index (χ4n) is 2.65. The number of phenolic OH excluding ortho intramolecular Hbond substituents is 1. The van der Waals surface area contributed by atoms with E-state index in [2.05, 4.69) is 0 Å². The molecule has 3 rings (SSSR count). The first-order valence-electron chi connectivity index (χ1n) is 7.07. The first-order valence-corrected chi connectivity index (χ1v) is 7.07. The van der Waals surface area contributed by atoms with Crippen molar-refractivity contribution in [1.29, 1.82) is 0 Å². The van der Waals surface area contributed by atoms with E-state index in [1.807, 2.05) is 0 Å². The number of benzene rings is 2. The van der Waals surface area contributed by atoms with Crippen LogP contribution < -0.4 is 0 Å². The second-order valence-corrected chi connectivity index (χ2v) is 5.41. The maximum absolute atomic E-state index is 13.3. The lowest BCUT2D eigenvalue weighted by atomic mass is 9.93. The van der Waals surface area contributed by atoms with E-state index in [4.69, 9.17) is 5.11 Å². The molecular formula is C17H15F2NO2. The molecule has 22 heavy (non-hydrogen) atoms. The zero-order valence-electron chi connectivity index (χ0n) is 11.8. The molecule has 1 aliphatic rings. The van der Waals surface area contributed by atoms with E-state index in [1.54, 1.807) is 17.0 Å². The van der Waals surface area contributed by atoms with Gasteiger partial charge in [-0.15, -0.1) is 0 Å². The Balaban J connectivity index is 1.69. The Morgan fingerprint density at radius 2 is 1.91 bits per heavy atom. The summed E-state index contributed by atoms with van der Waals surface area (Å²) < 4.78 is 26.2. The maximum atomic E-state index is 13.3. The van der Waals surface area contributed by atoms with Crippen LogP contribution in [-0.2, 0) is 11.2 Å². The Morgan fingerprint density at radius 1 is 1.18 bits per heavy atom. The smallest absolute Gasteiger partial charge is 0.227 e. The minimum Gasteiger partial charge on any atom is -0.505 e. The third-order valence-corrected chi connectivity index (χ3v) is 3.96. The molecule has 5 heteroatoms. The maximum Gasteiger partial charge on any atom is 0.227 e. The minimum absolute atomic E-state index is 0.0462. The molecule has 1 saturated heterocycles. The normalized spacial score (nSPS) is 17.2. The number of carbonyl (C=O) groups excluding carboxylic acids is 1. The van der Waals surface area contributed by atoms with E-state index < -0.39 is 11.6 Å². The number of aromatic hydroxyl groups is 1. The van der Waals surface area contributed by atoms with Crippen LogP contribution >= 0.6 is 0 Å². The number of hydrogen-bond acceptors (Lipinski definition) is 2. The van der Waals surface area contributed by atoms with Gasteiger partial charge >= 0.3 is 0 Å². The number of carbonyl (C=O) groups is 1. The highest BCUT2D eigenvalue weighted by atomic mass is 19.1. The molecule has 114 valence electrons. The minimum atomic E-state index is -0.732. The van der Waals surface area contributed by atoms with Crippen LogP contribution in [0, 0.1) is 11.6 Å². The SMILES string of the molecule is O=C(Cc1ccc(O)c(F)c1)N1CCC1c1ccc(F)cc1. The Labute approximate surface area is 126 Å². The van der Waals surface area contributed by atoms with E-state index >= 15 is 0 Å². The molecule has 0 aromatic heterocycles. The van der Waals surface area contributed by atoms with E-state index in [1.165, 1.54) is 30.3 Å². The summed E-state index contributed by atoms with van der Waals surface area (Å²) in [7, 11) is 0. The van der Waals surface area contributed by atoms with Crippen molar-refractivity contribution in [3.8, 4) is 5.75 Å². The summed E-state index contributed by atoms with van der Waals surface area (Å²) in [6, 6.07) is 10.0. The Bertz CT molecular complexity index is 700. The largest absolute Gasteiger partial charge is 0.505 e. The summed E-state index contributed by atoms with van der Waals surface area (Å²) in [4.78, 5) is 14.0. The average molecular weight is 303 g/mol. The van der Waals surface area contributed by atoms with Crippen LogP contribution in [-0.4, -0.2) is 22.5 Å². The van der Waals surface area contributed by atoms with Gasteiger partial charge in [0, 0.05) is 6.54 Å². The molecule has 1 atom stereocenters. The molecular weight excluding hydrogens is 288 g/mol. The second kappa shape index (κ2) is 5.75. The number of amides is 1. The van der Waals surface area contributed by atoms with E-state index in [0.717, 1.165) is 12.0 Å². The van der Waals surface area contributed by atoms with E-state index in [9.17, 15) is 13.6 Å². The first-order chi connectivity index (χ1) is 10.5. The molecule has 2 aromatic carbocycles. The van der Waals surface area contributed by atoms with Gasteiger partial charge in [0.15, 0.2) is 11.6 Å². The van der Waals surface area contributed by atoms with Crippen LogP contribution in [0.1, 0.15) is 23.6 Å². The zero-order valence-corrected chi connectivity index (χ0v) is 11.8. The van der Waals surface area contributed by atoms with Gasteiger partial charge in [-0.2, -0.15) is 0 Å². The topological polar surface area (TPSA) is 40.5 Å². The second-order valence-electron chi connectivity index (χ2n) is 5.41. The molecule has 1 unspecified atom stereocenters. The van der Waals surface area contributed by atoms with Crippen molar-refractivity contribution in [2.45, 2.75) is 18.9 Å². The van der Waals surface area contributed by atoms with Crippen LogP contribution in [0.25, 0.3) is 0 Å². The van der Waals surface area contributed by atoms with Crippen molar-refractivity contribution in [2.75, 3.05) is 6.54 Å². The molecule has 0 aliphatic carbocycles. The monoisotopic (exact) mass is 303 g/mol. The van der Waals surface area contributed by atoms with Gasteiger partial charge in [-0.05, 0) is 41.8 Å². The molecule has 0 spiro atoms. The van der Waals surface area contributed by atoms with E-state index in [0.29, 0.717) is 12.1 Å². The molecule has 1 aliphatic heterocycles. The van der Waals surface area contributed by atoms with Crippen LogP contribution in [0.5, 0.6) is 5.75 Å². The highest BCUT2D eigenvalue weighted by molar-refractivity contribution is 5.80. The van der Waals surface area contributed by atoms with Gasteiger partial charge in [-0.25, -0.2) is 8.78 Å². The van der Waals surface area contributed by atoms with Gasteiger partial charge in [0.05, 0.1) is 12.5 Å². The molecule has 2 aromatic rings. The van der Waals surface area contributed by atoms with Crippen LogP contribution in [0.2, 0.25) is 0 Å². The lowest BCUT2D eigenvalue weighted by Crippen LogP contribution is -2.45. The van der Waals surface area contributed by atoms with Crippen LogP contribution in [0.3, 0.4) is 0 Å². The molecule has 1 N–H and O–H groups in total. The molecule has 1 fully saturated rings. The van der Waals surface area contributed by atoms with Gasteiger partial charge in [0.25, 0.3) is 0 Å². The van der Waals surface area contributed by atoms with Crippen molar-refractivity contribution in [3.63, 3.8) is 0 Å². The summed E-state index contributed by atoms with van der Waals surface area (Å²) in [6.07, 6.45) is 0.913. The number of likely N-dealkylation sites (tertiary alicyclic amines) is 1. The molecule has 1 amide bonds. The number of halogens is 2. The Kier molecular flexibility index (Phi) is 3.79. The van der Waals surface area contributed by atoms with Gasteiger partial charge < -0.3 is 10.0 Å². The van der Waals surface area contributed by atoms with Crippen LogP contribution in [0.15, 0.2) is 42.5 Å². The summed E-state index contributed by atoms with van der Waals surface area (Å²) in [5.74, 6) is -1.57. The zero-order chi connectivity index (χ0) is 15.7. The van der Waals surface area contributed by atoms with Gasteiger partial charge in [0.2, 0.25) is 5.91 Å². The standard InChI is InChI=1S/C17H15F2NO2/c18-13-4-2-12(3-5-13)15-7-8-20(15)17(22)10-11-1-6-16(21)14(19)9-11/h1-6,9,15,21H,7-8,10H2. The van der Waals surface area contributed by atoms with Gasteiger partial charge in [-0.3, -0.25) is 4.79 Å². The number of nitrogens with zero attached hydrogens (tertiary/aromatic N) is 1. The van der Waals surface area contributed by atoms with Gasteiger partial charge in [-0.1, -0.05) is 18.2 Å². The summed E-state index contributed by atoms with van der Waals surface area (Å²) in [6.45, 7) is 0.640. The Morgan fingerprint density at radius 3 is 2.50 bits per heavy atom. The fraction of sp³-hybridized carbons (Fsp3) is 0.235. The quantitative estimate of drug-likeness (QED) is 0.946. The van der Waals surface area contributed by atoms with E-state index in [-0.39, 0.29) is 24.2 Å². The van der Waals surface area contributed by atoms with Crippen molar-refractivity contribution in [2.24, 2.45) is 0 Å². The van der Waals surface area contributed by atoms with Crippen molar-refractivity contribution in [3.05, 3.63) is 65.2 Å². The summed E-state index contributed by atoms with van der Waals surface area (Å²) in [5, 5.41) is 9.16. The van der Waals surface area contributed by atoms with Crippen molar-refractivity contribution < 1.29 is 18.7 Å². The third-order valence-electron chi connectivity index (χ3n) is 3.96. The molecule has 0 bridgehead atoms. The average Bonchev–Trinajstić information content (AvgIpc) is 2.44. The highest BCUT2D eigenvalue weighted by Crippen LogP contribution is 2.33. The van der Waals surface area contributed by atoms with Crippen LogP contribution in [0.4, 0.5) is 8.78 Å². The molecule has 1 heterocycles. The molecule has 3 nitrogen and oxygen atoms in total. The van der Waals surface area contributed by atoms with Crippen molar-refractivity contribution >= 4 is 5.91 Å². The summed E-state index contributed by atoms with van der Waals surface area (Å²) in [5.41, 5.74) is 1.42. The molecule has 0 saturated carbocycles. The first kappa shape index (κ1) is 14.5. The fourth-order valence-corrected chi connectivity index (χ4v) is 2.65. The predicted octanol–water partition coefficient (Wildman–Crippen LogP) is 3.19.